The number of benzene rings is 1. The number of carbonyl (C=O) groups is 2. The van der Waals surface area contributed by atoms with Gasteiger partial charge < -0.3 is 4.79 Å². The number of aldehydes is 1. The summed E-state index contributed by atoms with van der Waals surface area (Å²) in [6.07, 6.45) is 3.17. The Hall–Kier alpha value is -1.72. The van der Waals surface area contributed by atoms with E-state index in [0.717, 1.165) is 31.2 Å². The van der Waals surface area contributed by atoms with Crippen molar-refractivity contribution in [2.45, 2.75) is 25.3 Å². The van der Waals surface area contributed by atoms with Crippen molar-refractivity contribution >= 4 is 12.2 Å². The molecule has 0 aromatic heterocycles. The molecule has 1 heterocycles. The van der Waals surface area contributed by atoms with E-state index in [4.69, 9.17) is 5.21 Å². The monoisotopic (exact) mass is 276 g/mol. The Labute approximate surface area is 118 Å². The van der Waals surface area contributed by atoms with Crippen LogP contribution >= 0.6 is 0 Å². The highest BCUT2D eigenvalue weighted by Crippen LogP contribution is 2.27. The molecule has 5 nitrogen and oxygen atoms in total. The van der Waals surface area contributed by atoms with Crippen LogP contribution in [0.5, 0.6) is 0 Å². The van der Waals surface area contributed by atoms with E-state index in [1.165, 1.54) is 0 Å². The van der Waals surface area contributed by atoms with Crippen LogP contribution in [0.15, 0.2) is 30.3 Å². The maximum Gasteiger partial charge on any atom is 0.243 e. The van der Waals surface area contributed by atoms with Gasteiger partial charge in [0.05, 0.1) is 6.04 Å². The first-order chi connectivity index (χ1) is 9.74. The summed E-state index contributed by atoms with van der Waals surface area (Å²) in [4.78, 5) is 24.8. The summed E-state index contributed by atoms with van der Waals surface area (Å²) in [5.41, 5.74) is 2.66. The minimum Gasteiger partial charge on any atom is -0.301 e. The topological polar surface area (TPSA) is 69.6 Å². The van der Waals surface area contributed by atoms with Crippen LogP contribution < -0.4 is 5.48 Å². The molecule has 1 aromatic carbocycles. The van der Waals surface area contributed by atoms with Gasteiger partial charge in [0.1, 0.15) is 6.29 Å². The third-order valence-electron chi connectivity index (χ3n) is 3.81. The second-order valence-corrected chi connectivity index (χ2v) is 5.23. The van der Waals surface area contributed by atoms with E-state index in [1.54, 1.807) is 5.48 Å². The fourth-order valence-electron chi connectivity index (χ4n) is 2.85. The lowest BCUT2D eigenvalue weighted by Gasteiger charge is -2.36. The average Bonchev–Trinajstić information content (AvgIpc) is 2.49. The third-order valence-corrected chi connectivity index (χ3v) is 3.81. The molecule has 2 unspecified atom stereocenters. The molecule has 1 aromatic rings. The summed E-state index contributed by atoms with van der Waals surface area (Å²) in [6.45, 7) is 1.56. The number of rotatable bonds is 5. The molecule has 2 N–H and O–H groups in total. The van der Waals surface area contributed by atoms with Gasteiger partial charge in [-0.25, -0.2) is 5.48 Å². The molecule has 1 amide bonds. The molecule has 0 saturated carbocycles. The molecular weight excluding hydrogens is 256 g/mol. The van der Waals surface area contributed by atoms with Crippen LogP contribution in [0.25, 0.3) is 0 Å². The molecule has 108 valence electrons. The summed E-state index contributed by atoms with van der Waals surface area (Å²) in [5, 5.41) is 8.60. The lowest BCUT2D eigenvalue weighted by Crippen LogP contribution is -2.40. The SMILES string of the molecule is O=CC(c1ccccc1)N1CCCC(CC(=O)NO)C1. The van der Waals surface area contributed by atoms with Crippen LogP contribution in [-0.4, -0.2) is 35.4 Å². The first-order valence-electron chi connectivity index (χ1n) is 6.92. The molecule has 2 atom stereocenters. The minimum absolute atomic E-state index is 0.182. The standard InChI is InChI=1S/C15H20N2O3/c18-11-14(13-6-2-1-3-7-13)17-8-4-5-12(10-17)9-15(19)16-20/h1-3,6-7,11-12,14,20H,4-5,8-10H2,(H,16,19). The second kappa shape index (κ2) is 7.17. The van der Waals surface area contributed by atoms with Crippen molar-refractivity contribution in [1.29, 1.82) is 0 Å². The van der Waals surface area contributed by atoms with Crippen molar-refractivity contribution < 1.29 is 14.8 Å². The van der Waals surface area contributed by atoms with Crippen molar-refractivity contribution in [2.24, 2.45) is 5.92 Å². The highest BCUT2D eigenvalue weighted by molar-refractivity contribution is 5.74. The van der Waals surface area contributed by atoms with Crippen LogP contribution in [0, 0.1) is 5.92 Å². The van der Waals surface area contributed by atoms with Gasteiger partial charge >= 0.3 is 0 Å². The zero-order valence-corrected chi connectivity index (χ0v) is 11.4. The number of nitrogens with zero attached hydrogens (tertiary/aromatic N) is 1. The van der Waals surface area contributed by atoms with E-state index in [0.29, 0.717) is 13.0 Å². The normalized spacial score (nSPS) is 21.1. The van der Waals surface area contributed by atoms with E-state index in [1.807, 2.05) is 30.3 Å². The molecule has 0 radical (unpaired) electrons. The highest BCUT2D eigenvalue weighted by atomic mass is 16.5. The Morgan fingerprint density at radius 3 is 2.85 bits per heavy atom. The number of carbonyl (C=O) groups excluding carboxylic acids is 2. The Bertz CT molecular complexity index is 450. The highest BCUT2D eigenvalue weighted by Gasteiger charge is 2.27. The van der Waals surface area contributed by atoms with E-state index >= 15 is 0 Å². The van der Waals surface area contributed by atoms with Crippen molar-refractivity contribution in [1.82, 2.24) is 10.4 Å². The number of piperidine rings is 1. The van der Waals surface area contributed by atoms with Crippen LogP contribution in [0.3, 0.4) is 0 Å². The molecule has 1 aliphatic heterocycles. The van der Waals surface area contributed by atoms with Gasteiger partial charge in [-0.15, -0.1) is 0 Å². The van der Waals surface area contributed by atoms with Gasteiger partial charge in [0, 0.05) is 13.0 Å². The predicted octanol–water partition coefficient (Wildman–Crippen LogP) is 1.53. The van der Waals surface area contributed by atoms with Crippen molar-refractivity contribution in [3.05, 3.63) is 35.9 Å². The molecule has 1 saturated heterocycles. The Balaban J connectivity index is 2.03. The number of nitrogens with one attached hydrogen (secondary N) is 1. The molecule has 0 bridgehead atoms. The Morgan fingerprint density at radius 2 is 2.20 bits per heavy atom. The summed E-state index contributed by atoms with van der Waals surface area (Å²) >= 11 is 0. The summed E-state index contributed by atoms with van der Waals surface area (Å²) in [5.74, 6) is -0.179. The van der Waals surface area contributed by atoms with Gasteiger partial charge in [0.15, 0.2) is 0 Å². The van der Waals surface area contributed by atoms with Crippen LogP contribution in [0.4, 0.5) is 0 Å². The van der Waals surface area contributed by atoms with Gasteiger partial charge in [-0.1, -0.05) is 30.3 Å². The molecule has 20 heavy (non-hydrogen) atoms. The van der Waals surface area contributed by atoms with E-state index in [-0.39, 0.29) is 17.9 Å². The van der Waals surface area contributed by atoms with Crippen molar-refractivity contribution in [2.75, 3.05) is 13.1 Å². The molecule has 1 aliphatic rings. The number of hydrogen-bond acceptors (Lipinski definition) is 4. The summed E-state index contributed by atoms with van der Waals surface area (Å²) in [6, 6.07) is 9.41. The van der Waals surface area contributed by atoms with Crippen LogP contribution in [0.1, 0.15) is 30.9 Å². The molecule has 0 aliphatic carbocycles. The van der Waals surface area contributed by atoms with Gasteiger partial charge in [-0.3, -0.25) is 14.9 Å². The van der Waals surface area contributed by atoms with Gasteiger partial charge in [0.25, 0.3) is 0 Å². The second-order valence-electron chi connectivity index (χ2n) is 5.23. The number of hydrogen-bond donors (Lipinski definition) is 2. The largest absolute Gasteiger partial charge is 0.301 e. The van der Waals surface area contributed by atoms with Gasteiger partial charge in [0.2, 0.25) is 5.91 Å². The lowest BCUT2D eigenvalue weighted by molar-refractivity contribution is -0.130. The Morgan fingerprint density at radius 1 is 1.45 bits per heavy atom. The summed E-state index contributed by atoms with van der Waals surface area (Å²) in [7, 11) is 0. The quantitative estimate of drug-likeness (QED) is 0.486. The zero-order valence-electron chi connectivity index (χ0n) is 11.4. The summed E-state index contributed by atoms with van der Waals surface area (Å²) < 4.78 is 0. The number of hydroxylamine groups is 1. The molecule has 2 rings (SSSR count). The first kappa shape index (κ1) is 14.7. The van der Waals surface area contributed by atoms with Crippen molar-refractivity contribution in [3.63, 3.8) is 0 Å². The fraction of sp³-hybridized carbons (Fsp3) is 0.467. The average molecular weight is 276 g/mol. The third kappa shape index (κ3) is 3.65. The molecular formula is C15H20N2O3. The zero-order chi connectivity index (χ0) is 14.4. The molecule has 5 heteroatoms. The van der Waals surface area contributed by atoms with Crippen LogP contribution in [0.2, 0.25) is 0 Å². The maximum absolute atomic E-state index is 11.4. The van der Waals surface area contributed by atoms with E-state index < -0.39 is 0 Å². The first-order valence-corrected chi connectivity index (χ1v) is 6.92. The predicted molar refractivity (Wildman–Crippen MR) is 74.1 cm³/mol. The fourth-order valence-corrected chi connectivity index (χ4v) is 2.85. The van der Waals surface area contributed by atoms with Crippen molar-refractivity contribution in [3.8, 4) is 0 Å². The van der Waals surface area contributed by atoms with Crippen LogP contribution in [-0.2, 0) is 9.59 Å². The minimum atomic E-state index is -0.362. The van der Waals surface area contributed by atoms with E-state index in [9.17, 15) is 9.59 Å². The van der Waals surface area contributed by atoms with Gasteiger partial charge in [-0.2, -0.15) is 0 Å². The smallest absolute Gasteiger partial charge is 0.243 e. The maximum atomic E-state index is 11.4. The number of likely N-dealkylation sites (tertiary alicyclic amines) is 1. The number of amides is 1. The Kier molecular flexibility index (Phi) is 5.26. The van der Waals surface area contributed by atoms with Gasteiger partial charge in [-0.05, 0) is 30.9 Å². The van der Waals surface area contributed by atoms with E-state index in [2.05, 4.69) is 4.90 Å². The molecule has 1 fully saturated rings. The lowest BCUT2D eigenvalue weighted by atomic mass is 9.92. The molecule has 0 spiro atoms.